The Bertz CT molecular complexity index is 599. The van der Waals surface area contributed by atoms with Gasteiger partial charge in [0.05, 0.1) is 12.8 Å². The van der Waals surface area contributed by atoms with Crippen molar-refractivity contribution >= 4 is 17.6 Å². The van der Waals surface area contributed by atoms with Gasteiger partial charge in [0.15, 0.2) is 5.69 Å². The van der Waals surface area contributed by atoms with E-state index in [1.807, 2.05) is 12.1 Å². The van der Waals surface area contributed by atoms with Crippen LogP contribution in [0.1, 0.15) is 16.3 Å². The fraction of sp³-hybridized carbons (Fsp3) is 0.154. The van der Waals surface area contributed by atoms with Gasteiger partial charge < -0.3 is 4.74 Å². The highest BCUT2D eigenvalue weighted by atomic mass is 35.5. The molecule has 0 aliphatic heterocycles. The topological polar surface area (TPSA) is 52.1 Å². The summed E-state index contributed by atoms with van der Waals surface area (Å²) >= 11 is 5.93. The lowest BCUT2D eigenvalue weighted by Gasteiger charge is -2.05. The lowest BCUT2D eigenvalue weighted by molar-refractivity contribution is 0.0593. The Morgan fingerprint density at radius 2 is 2.06 bits per heavy atom. The van der Waals surface area contributed by atoms with Crippen molar-refractivity contribution in [3.63, 3.8) is 0 Å². The molecule has 0 saturated carbocycles. The fourth-order valence-corrected chi connectivity index (χ4v) is 1.76. The van der Waals surface area contributed by atoms with Gasteiger partial charge in [-0.25, -0.2) is 14.8 Å². The summed E-state index contributed by atoms with van der Waals surface area (Å²) in [5.41, 5.74) is 1.71. The normalized spacial score (nSPS) is 10.2. The Morgan fingerprint density at radius 1 is 1.28 bits per heavy atom. The molecule has 4 nitrogen and oxygen atoms in total. The van der Waals surface area contributed by atoms with E-state index in [-0.39, 0.29) is 5.69 Å². The number of carbonyl (C=O) groups is 1. The maximum absolute atomic E-state index is 11.5. The average Bonchev–Trinajstić information content (AvgIpc) is 2.37. The number of ether oxygens (including phenoxy) is 1. The summed E-state index contributed by atoms with van der Waals surface area (Å²) in [6.07, 6.45) is 0. The number of esters is 1. The Balaban J connectivity index is 2.51. The summed E-state index contributed by atoms with van der Waals surface area (Å²) in [6, 6.07) is 8.84. The van der Waals surface area contributed by atoms with Crippen LogP contribution in [0.15, 0.2) is 30.3 Å². The first-order chi connectivity index (χ1) is 8.60. The molecule has 0 atom stereocenters. The zero-order valence-corrected chi connectivity index (χ0v) is 10.7. The molecular formula is C13H11ClN2O2. The molecular weight excluding hydrogens is 252 g/mol. The largest absolute Gasteiger partial charge is 0.464 e. The predicted molar refractivity (Wildman–Crippen MR) is 68.6 cm³/mol. The third-order valence-electron chi connectivity index (χ3n) is 2.35. The van der Waals surface area contributed by atoms with Crippen molar-refractivity contribution in [1.29, 1.82) is 0 Å². The highest BCUT2D eigenvalue weighted by molar-refractivity contribution is 6.30. The first kappa shape index (κ1) is 12.5. The number of methoxy groups -OCH3 is 1. The van der Waals surface area contributed by atoms with Crippen molar-refractivity contribution in [3.05, 3.63) is 46.9 Å². The number of rotatable bonds is 2. The number of hydrogen-bond acceptors (Lipinski definition) is 4. The minimum atomic E-state index is -0.483. The number of nitrogens with zero attached hydrogens (tertiary/aromatic N) is 2. The van der Waals surface area contributed by atoms with Crippen molar-refractivity contribution in [2.24, 2.45) is 0 Å². The lowest BCUT2D eigenvalue weighted by Crippen LogP contribution is -2.07. The Hall–Kier alpha value is -1.94. The molecule has 18 heavy (non-hydrogen) atoms. The van der Waals surface area contributed by atoms with Crippen molar-refractivity contribution < 1.29 is 9.53 Å². The maximum atomic E-state index is 11.5. The van der Waals surface area contributed by atoms with Crippen molar-refractivity contribution in [2.45, 2.75) is 6.92 Å². The van der Waals surface area contributed by atoms with Crippen LogP contribution in [-0.4, -0.2) is 23.0 Å². The van der Waals surface area contributed by atoms with Gasteiger partial charge in [-0.3, -0.25) is 0 Å². The number of aromatic nitrogens is 2. The van der Waals surface area contributed by atoms with E-state index < -0.39 is 5.97 Å². The zero-order chi connectivity index (χ0) is 13.1. The van der Waals surface area contributed by atoms with E-state index in [9.17, 15) is 4.79 Å². The van der Waals surface area contributed by atoms with E-state index in [4.69, 9.17) is 11.6 Å². The average molecular weight is 263 g/mol. The minimum absolute atomic E-state index is 0.236. The molecule has 92 valence electrons. The number of carbonyl (C=O) groups excluding carboxylic acids is 1. The SMILES string of the molecule is COC(=O)c1cc(-c2cccc(Cl)c2)nc(C)n1. The van der Waals surface area contributed by atoms with Crippen LogP contribution in [0.3, 0.4) is 0 Å². The van der Waals surface area contributed by atoms with Gasteiger partial charge in [0.1, 0.15) is 5.82 Å². The van der Waals surface area contributed by atoms with Gasteiger partial charge in [-0.15, -0.1) is 0 Å². The van der Waals surface area contributed by atoms with Crippen LogP contribution in [-0.2, 0) is 4.74 Å². The van der Waals surface area contributed by atoms with Gasteiger partial charge in [0, 0.05) is 10.6 Å². The van der Waals surface area contributed by atoms with Gasteiger partial charge in [-0.05, 0) is 25.1 Å². The molecule has 0 N–H and O–H groups in total. The molecule has 0 spiro atoms. The number of halogens is 1. The summed E-state index contributed by atoms with van der Waals surface area (Å²) in [4.78, 5) is 19.8. The number of aryl methyl sites for hydroxylation is 1. The second-order valence-electron chi connectivity index (χ2n) is 3.69. The summed E-state index contributed by atoms with van der Waals surface area (Å²) < 4.78 is 4.65. The molecule has 1 aromatic heterocycles. The van der Waals surface area contributed by atoms with Gasteiger partial charge >= 0.3 is 5.97 Å². The molecule has 1 aromatic carbocycles. The molecule has 0 amide bonds. The Morgan fingerprint density at radius 3 is 2.72 bits per heavy atom. The van der Waals surface area contributed by atoms with Crippen molar-refractivity contribution in [3.8, 4) is 11.3 Å². The Labute approximate surface area is 110 Å². The molecule has 0 bridgehead atoms. The van der Waals surface area contributed by atoms with Crippen LogP contribution >= 0.6 is 11.6 Å². The first-order valence-corrected chi connectivity index (χ1v) is 5.68. The van der Waals surface area contributed by atoms with Crippen LogP contribution in [0.25, 0.3) is 11.3 Å². The third-order valence-corrected chi connectivity index (χ3v) is 2.59. The fourth-order valence-electron chi connectivity index (χ4n) is 1.57. The molecule has 1 heterocycles. The highest BCUT2D eigenvalue weighted by Crippen LogP contribution is 2.21. The molecule has 0 saturated heterocycles. The second kappa shape index (κ2) is 5.14. The molecule has 5 heteroatoms. The number of hydrogen-bond donors (Lipinski definition) is 0. The van der Waals surface area contributed by atoms with Crippen LogP contribution < -0.4 is 0 Å². The molecule has 0 unspecified atom stereocenters. The van der Waals surface area contributed by atoms with E-state index in [1.165, 1.54) is 7.11 Å². The molecule has 0 fully saturated rings. The van der Waals surface area contributed by atoms with Crippen LogP contribution in [0.2, 0.25) is 5.02 Å². The summed E-state index contributed by atoms with van der Waals surface area (Å²) in [6.45, 7) is 1.72. The highest BCUT2D eigenvalue weighted by Gasteiger charge is 2.11. The van der Waals surface area contributed by atoms with Gasteiger partial charge in [-0.2, -0.15) is 0 Å². The number of benzene rings is 1. The maximum Gasteiger partial charge on any atom is 0.356 e. The van der Waals surface area contributed by atoms with E-state index in [0.29, 0.717) is 16.5 Å². The van der Waals surface area contributed by atoms with Crippen molar-refractivity contribution in [1.82, 2.24) is 9.97 Å². The minimum Gasteiger partial charge on any atom is -0.464 e. The Kier molecular flexibility index (Phi) is 3.58. The quantitative estimate of drug-likeness (QED) is 0.781. The second-order valence-corrected chi connectivity index (χ2v) is 4.12. The third kappa shape index (κ3) is 2.65. The van der Waals surface area contributed by atoms with Crippen LogP contribution in [0.5, 0.6) is 0 Å². The van der Waals surface area contributed by atoms with Gasteiger partial charge in [0.2, 0.25) is 0 Å². The molecule has 0 aliphatic rings. The molecule has 2 rings (SSSR count). The summed E-state index contributed by atoms with van der Waals surface area (Å²) in [7, 11) is 1.32. The van der Waals surface area contributed by atoms with Crippen molar-refractivity contribution in [2.75, 3.05) is 7.11 Å². The van der Waals surface area contributed by atoms with Crippen LogP contribution in [0.4, 0.5) is 0 Å². The summed E-state index contributed by atoms with van der Waals surface area (Å²) in [5.74, 6) is 0.0247. The summed E-state index contributed by atoms with van der Waals surface area (Å²) in [5, 5.41) is 0.614. The zero-order valence-electron chi connectivity index (χ0n) is 9.98. The van der Waals surface area contributed by atoms with E-state index in [0.717, 1.165) is 5.56 Å². The first-order valence-electron chi connectivity index (χ1n) is 5.30. The van der Waals surface area contributed by atoms with Gasteiger partial charge in [-0.1, -0.05) is 23.7 Å². The molecule has 0 aliphatic carbocycles. The van der Waals surface area contributed by atoms with Crippen LogP contribution in [0, 0.1) is 6.92 Å². The smallest absolute Gasteiger partial charge is 0.356 e. The lowest BCUT2D eigenvalue weighted by atomic mass is 10.1. The van der Waals surface area contributed by atoms with E-state index >= 15 is 0 Å². The predicted octanol–water partition coefficient (Wildman–Crippen LogP) is 2.89. The van der Waals surface area contributed by atoms with E-state index in [1.54, 1.807) is 25.1 Å². The molecule has 0 radical (unpaired) electrons. The molecule has 2 aromatic rings. The standard InChI is InChI=1S/C13H11ClN2O2/c1-8-15-11(7-12(16-8)13(17)18-2)9-4-3-5-10(14)6-9/h3-7H,1-2H3. The van der Waals surface area contributed by atoms with E-state index in [2.05, 4.69) is 14.7 Å². The van der Waals surface area contributed by atoms with Gasteiger partial charge in [0.25, 0.3) is 0 Å². The monoisotopic (exact) mass is 262 g/mol.